The van der Waals surface area contributed by atoms with Crippen molar-refractivity contribution in [1.29, 1.82) is 0 Å². The maximum atomic E-state index is 10.3. The summed E-state index contributed by atoms with van der Waals surface area (Å²) in [6.45, 7) is 0. The average Bonchev–Trinajstić information content (AvgIpc) is 2.54. The van der Waals surface area contributed by atoms with Gasteiger partial charge in [-0.1, -0.05) is 48.5 Å². The second kappa shape index (κ2) is 4.56. The molecule has 100 valence electrons. The number of phenolic OH excluding ortho intramolecular Hbond substituents is 1. The van der Waals surface area contributed by atoms with E-state index < -0.39 is 0 Å². The van der Waals surface area contributed by atoms with Crippen molar-refractivity contribution < 1.29 is 5.11 Å². The van der Waals surface area contributed by atoms with Crippen molar-refractivity contribution in [3.8, 4) is 17.1 Å². The number of fused-ring (bicyclic) bond motifs is 2. The highest BCUT2D eigenvalue weighted by Gasteiger charge is 2.12. The van der Waals surface area contributed by atoms with Gasteiger partial charge >= 0.3 is 0 Å². The summed E-state index contributed by atoms with van der Waals surface area (Å²) in [7, 11) is 0. The average molecular weight is 272 g/mol. The molecule has 0 unspecified atom stereocenters. The molecule has 3 aromatic carbocycles. The summed E-state index contributed by atoms with van der Waals surface area (Å²) in [5, 5.41) is 13.3. The number of benzene rings is 3. The molecule has 0 saturated heterocycles. The lowest BCUT2D eigenvalue weighted by Gasteiger charge is -2.08. The summed E-state index contributed by atoms with van der Waals surface area (Å²) < 4.78 is 0. The van der Waals surface area contributed by atoms with E-state index in [2.05, 4.69) is 9.97 Å². The number of aromatic nitrogens is 2. The first-order chi connectivity index (χ1) is 10.3. The smallest absolute Gasteiger partial charge is 0.164 e. The van der Waals surface area contributed by atoms with Crippen molar-refractivity contribution in [1.82, 2.24) is 9.97 Å². The fourth-order valence-electron chi connectivity index (χ4n) is 2.59. The summed E-state index contributed by atoms with van der Waals surface area (Å²) in [6, 6.07) is 19.3. The third-order valence-electron chi connectivity index (χ3n) is 3.62. The van der Waals surface area contributed by atoms with Crippen molar-refractivity contribution in [3.05, 3.63) is 66.9 Å². The Morgan fingerprint density at radius 1 is 0.762 bits per heavy atom. The number of hydrogen-bond acceptors (Lipinski definition) is 3. The fourth-order valence-corrected chi connectivity index (χ4v) is 2.59. The van der Waals surface area contributed by atoms with Gasteiger partial charge in [0.15, 0.2) is 5.82 Å². The van der Waals surface area contributed by atoms with Gasteiger partial charge in [-0.3, -0.25) is 0 Å². The predicted octanol–water partition coefficient (Wildman–Crippen LogP) is 4.16. The summed E-state index contributed by atoms with van der Waals surface area (Å²) in [5.74, 6) is 0.743. The molecule has 0 aliphatic carbocycles. The molecular formula is C18H12N2O. The van der Waals surface area contributed by atoms with Crippen LogP contribution >= 0.6 is 0 Å². The van der Waals surface area contributed by atoms with E-state index in [0.29, 0.717) is 11.4 Å². The Labute approximate surface area is 121 Å². The van der Waals surface area contributed by atoms with Crippen LogP contribution in [-0.2, 0) is 0 Å². The molecule has 0 aliphatic heterocycles. The van der Waals surface area contributed by atoms with Crippen molar-refractivity contribution in [3.63, 3.8) is 0 Å². The Morgan fingerprint density at radius 2 is 1.52 bits per heavy atom. The summed E-state index contributed by atoms with van der Waals surface area (Å²) >= 11 is 0. The van der Waals surface area contributed by atoms with Crippen LogP contribution in [0.1, 0.15) is 0 Å². The van der Waals surface area contributed by atoms with E-state index in [1.165, 1.54) is 0 Å². The van der Waals surface area contributed by atoms with Gasteiger partial charge in [0.2, 0.25) is 0 Å². The van der Waals surface area contributed by atoms with Crippen LogP contribution in [0.4, 0.5) is 0 Å². The monoisotopic (exact) mass is 272 g/mol. The van der Waals surface area contributed by atoms with Crippen LogP contribution in [0.15, 0.2) is 66.9 Å². The van der Waals surface area contributed by atoms with E-state index in [9.17, 15) is 5.11 Å². The normalized spacial score (nSPS) is 11.0. The Morgan fingerprint density at radius 3 is 2.43 bits per heavy atom. The van der Waals surface area contributed by atoms with Crippen LogP contribution in [0.3, 0.4) is 0 Å². The quantitative estimate of drug-likeness (QED) is 0.566. The third-order valence-corrected chi connectivity index (χ3v) is 3.62. The van der Waals surface area contributed by atoms with Gasteiger partial charge in [0.1, 0.15) is 5.75 Å². The minimum Gasteiger partial charge on any atom is -0.507 e. The van der Waals surface area contributed by atoms with Crippen molar-refractivity contribution in [2.45, 2.75) is 0 Å². The lowest BCUT2D eigenvalue weighted by molar-refractivity contribution is 0.477. The van der Waals surface area contributed by atoms with E-state index in [4.69, 9.17) is 0 Å². The molecule has 0 saturated carbocycles. The number of nitrogens with zero attached hydrogens (tertiary/aromatic N) is 2. The second-order valence-electron chi connectivity index (χ2n) is 4.93. The Hall–Kier alpha value is -2.94. The first kappa shape index (κ1) is 11.9. The maximum Gasteiger partial charge on any atom is 0.164 e. The van der Waals surface area contributed by atoms with Crippen LogP contribution in [0, 0.1) is 0 Å². The molecule has 0 atom stereocenters. The highest BCUT2D eigenvalue weighted by atomic mass is 16.3. The predicted molar refractivity (Wildman–Crippen MR) is 84.1 cm³/mol. The molecular weight excluding hydrogens is 260 g/mol. The molecule has 4 rings (SSSR count). The fraction of sp³-hybridized carbons (Fsp3) is 0. The molecule has 1 N–H and O–H groups in total. The SMILES string of the molecule is Oc1ccc2ccccc2c1-c1ncc2ccccc2n1. The van der Waals surface area contributed by atoms with Gasteiger partial charge in [-0.25, -0.2) is 9.97 Å². The number of hydrogen-bond donors (Lipinski definition) is 1. The van der Waals surface area contributed by atoms with Gasteiger partial charge < -0.3 is 5.11 Å². The topological polar surface area (TPSA) is 46.0 Å². The molecule has 1 heterocycles. The largest absolute Gasteiger partial charge is 0.507 e. The minimum absolute atomic E-state index is 0.198. The zero-order valence-electron chi connectivity index (χ0n) is 11.2. The number of rotatable bonds is 1. The Kier molecular flexibility index (Phi) is 2.57. The maximum absolute atomic E-state index is 10.3. The molecule has 0 fully saturated rings. The van der Waals surface area contributed by atoms with Gasteiger partial charge in [-0.05, 0) is 22.9 Å². The molecule has 3 nitrogen and oxygen atoms in total. The molecule has 3 heteroatoms. The first-order valence-electron chi connectivity index (χ1n) is 6.76. The summed E-state index contributed by atoms with van der Waals surface area (Å²) in [6.07, 6.45) is 1.79. The lowest BCUT2D eigenvalue weighted by Crippen LogP contribution is -1.91. The van der Waals surface area contributed by atoms with E-state index in [-0.39, 0.29) is 5.75 Å². The molecule has 0 aliphatic rings. The lowest BCUT2D eigenvalue weighted by atomic mass is 10.0. The molecule has 0 amide bonds. The number of aromatic hydroxyl groups is 1. The third kappa shape index (κ3) is 1.91. The first-order valence-corrected chi connectivity index (χ1v) is 6.76. The van der Waals surface area contributed by atoms with Crippen LogP contribution in [0.2, 0.25) is 0 Å². The summed E-state index contributed by atoms with van der Waals surface area (Å²) in [5.41, 5.74) is 1.55. The van der Waals surface area contributed by atoms with E-state index >= 15 is 0 Å². The summed E-state index contributed by atoms with van der Waals surface area (Å²) in [4.78, 5) is 9.00. The molecule has 21 heavy (non-hydrogen) atoms. The van der Waals surface area contributed by atoms with E-state index in [1.807, 2.05) is 54.6 Å². The van der Waals surface area contributed by atoms with Crippen LogP contribution in [-0.4, -0.2) is 15.1 Å². The Bertz CT molecular complexity index is 963. The molecule has 0 spiro atoms. The molecule has 0 bridgehead atoms. The number of para-hydroxylation sites is 1. The molecule has 0 radical (unpaired) electrons. The molecule has 1 aromatic heterocycles. The van der Waals surface area contributed by atoms with E-state index in [1.54, 1.807) is 12.3 Å². The van der Waals surface area contributed by atoms with Crippen molar-refractivity contribution in [2.24, 2.45) is 0 Å². The highest BCUT2D eigenvalue weighted by Crippen LogP contribution is 2.34. The standard InChI is InChI=1S/C18H12N2O/c21-16-10-9-12-5-1-3-7-14(12)17(16)18-19-11-13-6-2-4-8-15(13)20-18/h1-11,21H. The van der Waals surface area contributed by atoms with Crippen molar-refractivity contribution in [2.75, 3.05) is 0 Å². The van der Waals surface area contributed by atoms with Crippen molar-refractivity contribution >= 4 is 21.7 Å². The second-order valence-corrected chi connectivity index (χ2v) is 4.93. The minimum atomic E-state index is 0.198. The van der Waals surface area contributed by atoms with Crippen LogP contribution in [0.25, 0.3) is 33.1 Å². The van der Waals surface area contributed by atoms with Crippen LogP contribution < -0.4 is 0 Å². The molecule has 4 aromatic rings. The van der Waals surface area contributed by atoms with Gasteiger partial charge in [0.25, 0.3) is 0 Å². The van der Waals surface area contributed by atoms with Gasteiger partial charge in [-0.15, -0.1) is 0 Å². The highest BCUT2D eigenvalue weighted by molar-refractivity contribution is 5.98. The van der Waals surface area contributed by atoms with Gasteiger partial charge in [0, 0.05) is 11.6 Å². The zero-order chi connectivity index (χ0) is 14.2. The van der Waals surface area contributed by atoms with Gasteiger partial charge in [-0.2, -0.15) is 0 Å². The van der Waals surface area contributed by atoms with Crippen LogP contribution in [0.5, 0.6) is 5.75 Å². The van der Waals surface area contributed by atoms with Gasteiger partial charge in [0.05, 0.1) is 11.1 Å². The van der Waals surface area contributed by atoms with E-state index in [0.717, 1.165) is 21.7 Å². The zero-order valence-corrected chi connectivity index (χ0v) is 11.2. The Balaban J connectivity index is 2.05. The number of phenols is 1.